The first kappa shape index (κ1) is 14.6. The highest BCUT2D eigenvalue weighted by atomic mass is 15.2. The van der Waals surface area contributed by atoms with Gasteiger partial charge in [-0.25, -0.2) is 0 Å². The Balaban J connectivity index is 1.61. The van der Waals surface area contributed by atoms with Crippen molar-refractivity contribution in [1.29, 1.82) is 0 Å². The molecule has 0 aromatic carbocycles. The zero-order chi connectivity index (χ0) is 13.5. The minimum Gasteiger partial charge on any atom is -0.356 e. The highest BCUT2D eigenvalue weighted by Gasteiger charge is 2.21. The Morgan fingerprint density at radius 3 is 2.53 bits per heavy atom. The van der Waals surface area contributed by atoms with Crippen LogP contribution < -0.4 is 10.6 Å². The summed E-state index contributed by atoms with van der Waals surface area (Å²) >= 11 is 0. The number of hydrogen-bond donors (Lipinski definition) is 2. The predicted molar refractivity (Wildman–Crippen MR) is 81.6 cm³/mol. The quantitative estimate of drug-likeness (QED) is 0.569. The highest BCUT2D eigenvalue weighted by Crippen LogP contribution is 2.31. The van der Waals surface area contributed by atoms with Crippen molar-refractivity contribution in [3.63, 3.8) is 0 Å². The Morgan fingerprint density at radius 1 is 1.21 bits per heavy atom. The van der Waals surface area contributed by atoms with Crippen molar-refractivity contribution in [2.24, 2.45) is 10.9 Å². The fourth-order valence-electron chi connectivity index (χ4n) is 2.81. The molecule has 1 saturated heterocycles. The summed E-state index contributed by atoms with van der Waals surface area (Å²) < 4.78 is 0. The van der Waals surface area contributed by atoms with E-state index in [2.05, 4.69) is 27.4 Å². The highest BCUT2D eigenvalue weighted by molar-refractivity contribution is 5.79. The van der Waals surface area contributed by atoms with Crippen molar-refractivity contribution in [3.8, 4) is 0 Å². The molecule has 19 heavy (non-hydrogen) atoms. The average molecular weight is 266 g/mol. The van der Waals surface area contributed by atoms with Crippen molar-refractivity contribution in [3.05, 3.63) is 0 Å². The fourth-order valence-corrected chi connectivity index (χ4v) is 2.81. The molecule has 2 rings (SSSR count). The largest absolute Gasteiger partial charge is 0.356 e. The van der Waals surface area contributed by atoms with Gasteiger partial charge in [-0.05, 0) is 38.1 Å². The normalized spacial score (nSPS) is 22.5. The van der Waals surface area contributed by atoms with Crippen molar-refractivity contribution in [1.82, 2.24) is 15.5 Å². The summed E-state index contributed by atoms with van der Waals surface area (Å²) in [5.74, 6) is 1.98. The molecular formula is C15H30N4. The van der Waals surface area contributed by atoms with Crippen LogP contribution in [0.25, 0.3) is 0 Å². The Kier molecular flexibility index (Phi) is 5.95. The van der Waals surface area contributed by atoms with Gasteiger partial charge in [0, 0.05) is 32.7 Å². The van der Waals surface area contributed by atoms with Gasteiger partial charge in [0.2, 0.25) is 0 Å². The van der Waals surface area contributed by atoms with E-state index in [9.17, 15) is 0 Å². The smallest absolute Gasteiger partial charge is 0.191 e. The second kappa shape index (κ2) is 7.73. The van der Waals surface area contributed by atoms with Crippen molar-refractivity contribution in [2.45, 2.75) is 51.5 Å². The molecule has 1 saturated carbocycles. The maximum Gasteiger partial charge on any atom is 0.191 e. The first-order valence-electron chi connectivity index (χ1n) is 8.01. The van der Waals surface area contributed by atoms with Crippen LogP contribution in [0.2, 0.25) is 0 Å². The summed E-state index contributed by atoms with van der Waals surface area (Å²) in [5.41, 5.74) is 0. The molecule has 0 spiro atoms. The molecule has 110 valence electrons. The molecule has 0 radical (unpaired) electrons. The van der Waals surface area contributed by atoms with Gasteiger partial charge in [0.1, 0.15) is 0 Å². The number of piperidine rings is 1. The standard InChI is InChI=1S/C15H30N4/c1-3-10-19-11-7-14(8-12-19)18-15(16-2)17-9-6-13-4-5-13/h13-14H,3-12H2,1-2H3,(H2,16,17,18). The molecular weight excluding hydrogens is 236 g/mol. The van der Waals surface area contributed by atoms with E-state index in [0.29, 0.717) is 6.04 Å². The van der Waals surface area contributed by atoms with Crippen LogP contribution in [0.3, 0.4) is 0 Å². The van der Waals surface area contributed by atoms with Crippen LogP contribution >= 0.6 is 0 Å². The maximum absolute atomic E-state index is 4.34. The Bertz CT molecular complexity index is 278. The third kappa shape index (κ3) is 5.39. The number of likely N-dealkylation sites (tertiary alicyclic amines) is 1. The molecule has 0 aromatic heterocycles. The molecule has 4 nitrogen and oxygen atoms in total. The number of nitrogens with one attached hydrogen (secondary N) is 2. The van der Waals surface area contributed by atoms with Crippen LogP contribution in [0.5, 0.6) is 0 Å². The van der Waals surface area contributed by atoms with Crippen LogP contribution in [0, 0.1) is 5.92 Å². The summed E-state index contributed by atoms with van der Waals surface area (Å²) in [6.45, 7) is 7.03. The van der Waals surface area contributed by atoms with E-state index < -0.39 is 0 Å². The zero-order valence-corrected chi connectivity index (χ0v) is 12.6. The van der Waals surface area contributed by atoms with Crippen molar-refractivity contribution < 1.29 is 0 Å². The fraction of sp³-hybridized carbons (Fsp3) is 0.933. The monoisotopic (exact) mass is 266 g/mol. The Labute approximate surface area is 118 Å². The molecule has 0 aromatic rings. The number of rotatable bonds is 6. The summed E-state index contributed by atoms with van der Waals surface area (Å²) in [4.78, 5) is 6.91. The van der Waals surface area contributed by atoms with Gasteiger partial charge >= 0.3 is 0 Å². The van der Waals surface area contributed by atoms with E-state index >= 15 is 0 Å². The molecule has 0 bridgehead atoms. The molecule has 0 atom stereocenters. The lowest BCUT2D eigenvalue weighted by Crippen LogP contribution is -2.48. The first-order valence-corrected chi connectivity index (χ1v) is 8.01. The Morgan fingerprint density at radius 2 is 1.95 bits per heavy atom. The topological polar surface area (TPSA) is 39.7 Å². The van der Waals surface area contributed by atoms with E-state index in [0.717, 1.165) is 18.4 Å². The van der Waals surface area contributed by atoms with E-state index in [1.54, 1.807) is 0 Å². The first-order chi connectivity index (χ1) is 9.31. The second-order valence-electron chi connectivity index (χ2n) is 5.99. The number of aliphatic imine (C=N–C) groups is 1. The minimum absolute atomic E-state index is 0.597. The third-order valence-corrected chi connectivity index (χ3v) is 4.23. The number of hydrogen-bond acceptors (Lipinski definition) is 2. The van der Waals surface area contributed by atoms with Gasteiger partial charge in [-0.2, -0.15) is 0 Å². The molecule has 2 N–H and O–H groups in total. The van der Waals surface area contributed by atoms with E-state index in [1.807, 2.05) is 7.05 Å². The van der Waals surface area contributed by atoms with Gasteiger partial charge in [-0.1, -0.05) is 19.8 Å². The summed E-state index contributed by atoms with van der Waals surface area (Å²) in [6, 6.07) is 0.597. The lowest BCUT2D eigenvalue weighted by molar-refractivity contribution is 0.206. The van der Waals surface area contributed by atoms with Gasteiger partial charge in [0.25, 0.3) is 0 Å². The molecule has 0 unspecified atom stereocenters. The van der Waals surface area contributed by atoms with E-state index in [1.165, 1.54) is 58.2 Å². The van der Waals surface area contributed by atoms with Crippen LogP contribution in [0.15, 0.2) is 4.99 Å². The third-order valence-electron chi connectivity index (χ3n) is 4.23. The molecule has 4 heteroatoms. The van der Waals surface area contributed by atoms with Crippen LogP contribution in [0.1, 0.15) is 45.4 Å². The molecule has 1 heterocycles. The van der Waals surface area contributed by atoms with Crippen LogP contribution in [-0.2, 0) is 0 Å². The number of guanidine groups is 1. The Hall–Kier alpha value is -0.770. The SMILES string of the molecule is CCCN1CCC(NC(=NC)NCCC2CC2)CC1. The number of nitrogens with zero attached hydrogens (tertiary/aromatic N) is 2. The van der Waals surface area contributed by atoms with E-state index in [4.69, 9.17) is 0 Å². The summed E-state index contributed by atoms with van der Waals surface area (Å²) in [7, 11) is 1.87. The lowest BCUT2D eigenvalue weighted by atomic mass is 10.1. The van der Waals surface area contributed by atoms with Gasteiger partial charge in [-0.3, -0.25) is 4.99 Å². The van der Waals surface area contributed by atoms with Gasteiger partial charge < -0.3 is 15.5 Å². The van der Waals surface area contributed by atoms with Crippen LogP contribution in [-0.4, -0.2) is 50.1 Å². The second-order valence-corrected chi connectivity index (χ2v) is 5.99. The molecule has 1 aliphatic carbocycles. The van der Waals surface area contributed by atoms with Crippen molar-refractivity contribution >= 4 is 5.96 Å². The molecule has 0 amide bonds. The molecule has 2 aliphatic rings. The zero-order valence-electron chi connectivity index (χ0n) is 12.6. The van der Waals surface area contributed by atoms with E-state index in [-0.39, 0.29) is 0 Å². The maximum atomic E-state index is 4.34. The van der Waals surface area contributed by atoms with Gasteiger partial charge in [0.15, 0.2) is 5.96 Å². The molecule has 2 fully saturated rings. The van der Waals surface area contributed by atoms with Crippen LogP contribution in [0.4, 0.5) is 0 Å². The predicted octanol–water partition coefficient (Wildman–Crippen LogP) is 1.83. The summed E-state index contributed by atoms with van der Waals surface area (Å²) in [6.07, 6.45) is 7.91. The summed E-state index contributed by atoms with van der Waals surface area (Å²) in [5, 5.41) is 7.02. The van der Waals surface area contributed by atoms with Crippen molar-refractivity contribution in [2.75, 3.05) is 33.2 Å². The lowest BCUT2D eigenvalue weighted by Gasteiger charge is -2.32. The average Bonchev–Trinajstić information content (AvgIpc) is 3.24. The van der Waals surface area contributed by atoms with Gasteiger partial charge in [-0.15, -0.1) is 0 Å². The minimum atomic E-state index is 0.597. The molecule has 1 aliphatic heterocycles. The van der Waals surface area contributed by atoms with Gasteiger partial charge in [0.05, 0.1) is 0 Å².